The lowest BCUT2D eigenvalue weighted by atomic mass is 10.1. The molecule has 20 heavy (non-hydrogen) atoms. The van der Waals surface area contributed by atoms with Gasteiger partial charge >= 0.3 is 5.69 Å². The third kappa shape index (κ3) is 3.49. The van der Waals surface area contributed by atoms with Gasteiger partial charge in [-0.25, -0.2) is 9.48 Å². The SMILES string of the molecule is Cc1nn(C(C)(C)C)c(=O)n1CCOC1CCCCO1. The number of aromatic nitrogens is 3. The van der Waals surface area contributed by atoms with Gasteiger partial charge in [0.1, 0.15) is 5.82 Å². The Morgan fingerprint density at radius 3 is 2.70 bits per heavy atom. The highest BCUT2D eigenvalue weighted by molar-refractivity contribution is 4.87. The van der Waals surface area contributed by atoms with Gasteiger partial charge in [0.2, 0.25) is 0 Å². The fraction of sp³-hybridized carbons (Fsp3) is 0.857. The molecule has 0 spiro atoms. The van der Waals surface area contributed by atoms with Gasteiger partial charge in [0.25, 0.3) is 0 Å². The van der Waals surface area contributed by atoms with Crippen LogP contribution in [0.5, 0.6) is 0 Å². The molecule has 1 fully saturated rings. The second kappa shape index (κ2) is 6.10. The Bertz CT molecular complexity index is 493. The lowest BCUT2D eigenvalue weighted by Crippen LogP contribution is -2.36. The lowest BCUT2D eigenvalue weighted by molar-refractivity contribution is -0.163. The summed E-state index contributed by atoms with van der Waals surface area (Å²) in [6.45, 7) is 9.51. The highest BCUT2D eigenvalue weighted by Gasteiger charge is 2.21. The van der Waals surface area contributed by atoms with Crippen molar-refractivity contribution >= 4 is 0 Å². The Labute approximate surface area is 119 Å². The summed E-state index contributed by atoms with van der Waals surface area (Å²) >= 11 is 0. The zero-order chi connectivity index (χ0) is 14.8. The van der Waals surface area contributed by atoms with Gasteiger partial charge in [-0.05, 0) is 47.0 Å². The summed E-state index contributed by atoms with van der Waals surface area (Å²) in [6.07, 6.45) is 3.08. The molecule has 0 aliphatic carbocycles. The van der Waals surface area contributed by atoms with Gasteiger partial charge < -0.3 is 9.47 Å². The molecule has 0 aromatic carbocycles. The minimum atomic E-state index is -0.305. The maximum atomic E-state index is 12.3. The lowest BCUT2D eigenvalue weighted by Gasteiger charge is -2.22. The highest BCUT2D eigenvalue weighted by Crippen LogP contribution is 2.14. The molecule has 0 amide bonds. The first-order chi connectivity index (χ1) is 9.39. The standard InChI is InChI=1S/C14H25N3O3/c1-11-15-17(14(2,3)4)13(18)16(11)8-10-20-12-7-5-6-9-19-12/h12H,5-10H2,1-4H3. The molecule has 1 aliphatic heterocycles. The van der Waals surface area contributed by atoms with Gasteiger partial charge in [0.15, 0.2) is 6.29 Å². The van der Waals surface area contributed by atoms with E-state index < -0.39 is 0 Å². The topological polar surface area (TPSA) is 58.3 Å². The van der Waals surface area contributed by atoms with Crippen LogP contribution in [0.4, 0.5) is 0 Å². The van der Waals surface area contributed by atoms with Crippen molar-refractivity contribution in [3.05, 3.63) is 16.3 Å². The Morgan fingerprint density at radius 1 is 1.40 bits per heavy atom. The van der Waals surface area contributed by atoms with E-state index in [0.29, 0.717) is 13.2 Å². The number of rotatable bonds is 4. The van der Waals surface area contributed by atoms with Crippen LogP contribution in [-0.2, 0) is 21.6 Å². The molecule has 1 aliphatic rings. The van der Waals surface area contributed by atoms with E-state index in [0.717, 1.165) is 31.7 Å². The number of ether oxygens (including phenoxy) is 2. The van der Waals surface area contributed by atoms with Crippen LogP contribution in [0.1, 0.15) is 45.9 Å². The van der Waals surface area contributed by atoms with Crippen LogP contribution in [0, 0.1) is 6.92 Å². The van der Waals surface area contributed by atoms with Crippen LogP contribution in [0.15, 0.2) is 4.79 Å². The molecule has 1 aromatic heterocycles. The van der Waals surface area contributed by atoms with E-state index in [2.05, 4.69) is 5.10 Å². The molecule has 0 bridgehead atoms. The van der Waals surface area contributed by atoms with Crippen LogP contribution in [0.3, 0.4) is 0 Å². The van der Waals surface area contributed by atoms with Crippen molar-refractivity contribution in [2.45, 2.75) is 65.3 Å². The van der Waals surface area contributed by atoms with Gasteiger partial charge in [-0.15, -0.1) is 0 Å². The molecule has 1 aromatic rings. The third-order valence-corrected chi connectivity index (χ3v) is 3.44. The number of nitrogens with zero attached hydrogens (tertiary/aromatic N) is 3. The molecule has 2 heterocycles. The molecule has 6 heteroatoms. The van der Waals surface area contributed by atoms with E-state index in [9.17, 15) is 4.79 Å². The average Bonchev–Trinajstić information content (AvgIpc) is 2.67. The normalized spacial score (nSPS) is 20.3. The maximum Gasteiger partial charge on any atom is 0.346 e. The fourth-order valence-corrected chi connectivity index (χ4v) is 2.31. The Morgan fingerprint density at radius 2 is 2.15 bits per heavy atom. The summed E-state index contributed by atoms with van der Waals surface area (Å²) in [5, 5.41) is 4.33. The number of hydrogen-bond donors (Lipinski definition) is 0. The van der Waals surface area contributed by atoms with E-state index in [1.165, 1.54) is 4.68 Å². The van der Waals surface area contributed by atoms with Crippen LogP contribution < -0.4 is 5.69 Å². The predicted octanol–water partition coefficient (Wildman–Crippen LogP) is 1.65. The number of aryl methyl sites for hydroxylation is 1. The Balaban J connectivity index is 1.96. The zero-order valence-corrected chi connectivity index (χ0v) is 12.9. The van der Waals surface area contributed by atoms with Crippen LogP contribution in [0.2, 0.25) is 0 Å². The monoisotopic (exact) mass is 283 g/mol. The summed E-state index contributed by atoms with van der Waals surface area (Å²) in [5.74, 6) is 0.720. The van der Waals surface area contributed by atoms with Gasteiger partial charge in [-0.2, -0.15) is 5.10 Å². The van der Waals surface area contributed by atoms with E-state index >= 15 is 0 Å². The van der Waals surface area contributed by atoms with Crippen molar-refractivity contribution in [2.75, 3.05) is 13.2 Å². The molecule has 2 rings (SSSR count). The predicted molar refractivity (Wildman–Crippen MR) is 75.8 cm³/mol. The minimum Gasteiger partial charge on any atom is -0.353 e. The Kier molecular flexibility index (Phi) is 4.65. The smallest absolute Gasteiger partial charge is 0.346 e. The molecule has 6 nitrogen and oxygen atoms in total. The van der Waals surface area contributed by atoms with E-state index in [-0.39, 0.29) is 17.5 Å². The average molecular weight is 283 g/mol. The highest BCUT2D eigenvalue weighted by atomic mass is 16.7. The van der Waals surface area contributed by atoms with E-state index in [1.807, 2.05) is 27.7 Å². The van der Waals surface area contributed by atoms with Crippen molar-refractivity contribution < 1.29 is 9.47 Å². The molecular weight excluding hydrogens is 258 g/mol. The summed E-state index contributed by atoms with van der Waals surface area (Å²) in [4.78, 5) is 12.3. The largest absolute Gasteiger partial charge is 0.353 e. The molecule has 0 saturated carbocycles. The van der Waals surface area contributed by atoms with Crippen LogP contribution >= 0.6 is 0 Å². The summed E-state index contributed by atoms with van der Waals surface area (Å²) < 4.78 is 14.4. The summed E-state index contributed by atoms with van der Waals surface area (Å²) in [7, 11) is 0. The van der Waals surface area contributed by atoms with Crippen LogP contribution in [-0.4, -0.2) is 33.9 Å². The molecular formula is C14H25N3O3. The molecule has 0 radical (unpaired) electrons. The molecule has 114 valence electrons. The summed E-state index contributed by atoms with van der Waals surface area (Å²) in [5.41, 5.74) is -0.386. The molecule has 1 unspecified atom stereocenters. The first-order valence-corrected chi connectivity index (χ1v) is 7.30. The molecule has 1 saturated heterocycles. The first kappa shape index (κ1) is 15.3. The van der Waals surface area contributed by atoms with Gasteiger partial charge in [-0.1, -0.05) is 0 Å². The molecule has 1 atom stereocenters. The minimum absolute atomic E-state index is 0.0804. The van der Waals surface area contributed by atoms with Crippen LogP contribution in [0.25, 0.3) is 0 Å². The zero-order valence-electron chi connectivity index (χ0n) is 12.9. The van der Waals surface area contributed by atoms with Crippen molar-refractivity contribution in [3.8, 4) is 0 Å². The van der Waals surface area contributed by atoms with Crippen molar-refractivity contribution in [1.29, 1.82) is 0 Å². The quantitative estimate of drug-likeness (QED) is 0.843. The van der Waals surface area contributed by atoms with Gasteiger partial charge in [0, 0.05) is 6.61 Å². The number of hydrogen-bond acceptors (Lipinski definition) is 4. The first-order valence-electron chi connectivity index (χ1n) is 7.30. The third-order valence-electron chi connectivity index (χ3n) is 3.44. The van der Waals surface area contributed by atoms with E-state index in [4.69, 9.17) is 9.47 Å². The second-order valence-electron chi connectivity index (χ2n) is 6.23. The fourth-order valence-electron chi connectivity index (χ4n) is 2.31. The summed E-state index contributed by atoms with van der Waals surface area (Å²) in [6, 6.07) is 0. The van der Waals surface area contributed by atoms with E-state index in [1.54, 1.807) is 4.57 Å². The van der Waals surface area contributed by atoms with Gasteiger partial charge in [-0.3, -0.25) is 4.57 Å². The molecule has 0 N–H and O–H groups in total. The maximum absolute atomic E-state index is 12.3. The van der Waals surface area contributed by atoms with Gasteiger partial charge in [0.05, 0.1) is 18.7 Å². The van der Waals surface area contributed by atoms with Crippen molar-refractivity contribution in [1.82, 2.24) is 14.3 Å². The Hall–Kier alpha value is -1.14. The van der Waals surface area contributed by atoms with Crippen molar-refractivity contribution in [3.63, 3.8) is 0 Å². The second-order valence-corrected chi connectivity index (χ2v) is 6.23. The van der Waals surface area contributed by atoms with Crippen molar-refractivity contribution in [2.24, 2.45) is 0 Å².